The molecule has 3 N–H and O–H groups in total. The Kier molecular flexibility index (Phi) is 9.63. The number of ketones is 1. The van der Waals surface area contributed by atoms with Crippen LogP contribution < -0.4 is 5.32 Å². The molecule has 0 aromatic rings. The van der Waals surface area contributed by atoms with Gasteiger partial charge < -0.3 is 15.5 Å². The summed E-state index contributed by atoms with van der Waals surface area (Å²) in [7, 11) is 0. The zero-order valence-corrected chi connectivity index (χ0v) is 12.2. The van der Waals surface area contributed by atoms with Crippen LogP contribution >= 0.6 is 0 Å². The first-order valence-electron chi connectivity index (χ1n) is 7.16. The zero-order chi connectivity index (χ0) is 15.5. The smallest absolute Gasteiger partial charge is 0.326 e. The summed E-state index contributed by atoms with van der Waals surface area (Å²) in [4.78, 5) is 34.1. The molecule has 0 aliphatic heterocycles. The number of aliphatic hydroxyl groups is 1. The van der Waals surface area contributed by atoms with Crippen LogP contribution in [0, 0.1) is 0 Å². The lowest BCUT2D eigenvalue weighted by Crippen LogP contribution is -2.45. The van der Waals surface area contributed by atoms with E-state index in [2.05, 4.69) is 5.32 Å². The lowest BCUT2D eigenvalue weighted by Gasteiger charge is -2.16. The minimum atomic E-state index is -1.25. The van der Waals surface area contributed by atoms with E-state index in [9.17, 15) is 19.5 Å². The molecule has 0 fully saturated rings. The maximum absolute atomic E-state index is 11.6. The SMILES string of the molecule is CCCCCCC(=O)C(=O)N[C@@H](CC(O)CC)C(=O)O. The van der Waals surface area contributed by atoms with Crippen molar-refractivity contribution in [3.63, 3.8) is 0 Å². The second-order valence-corrected chi connectivity index (χ2v) is 4.90. The number of rotatable bonds is 11. The molecule has 1 unspecified atom stereocenters. The van der Waals surface area contributed by atoms with Crippen molar-refractivity contribution < 1.29 is 24.6 Å². The summed E-state index contributed by atoms with van der Waals surface area (Å²) < 4.78 is 0. The molecule has 0 saturated heterocycles. The molecule has 0 spiro atoms. The van der Waals surface area contributed by atoms with Crippen LogP contribution in [0.5, 0.6) is 0 Å². The van der Waals surface area contributed by atoms with Gasteiger partial charge in [-0.3, -0.25) is 9.59 Å². The largest absolute Gasteiger partial charge is 0.480 e. The monoisotopic (exact) mass is 287 g/mol. The van der Waals surface area contributed by atoms with Gasteiger partial charge in [0, 0.05) is 12.8 Å². The minimum absolute atomic E-state index is 0.0965. The van der Waals surface area contributed by atoms with Crippen LogP contribution in [0.3, 0.4) is 0 Å². The summed E-state index contributed by atoms with van der Waals surface area (Å²) in [6.07, 6.45) is 3.18. The third-order valence-electron chi connectivity index (χ3n) is 3.09. The van der Waals surface area contributed by atoms with Gasteiger partial charge in [-0.05, 0) is 12.8 Å². The highest BCUT2D eigenvalue weighted by atomic mass is 16.4. The lowest BCUT2D eigenvalue weighted by atomic mass is 10.1. The minimum Gasteiger partial charge on any atom is -0.480 e. The van der Waals surface area contributed by atoms with E-state index in [4.69, 9.17) is 5.11 Å². The van der Waals surface area contributed by atoms with E-state index in [1.54, 1.807) is 6.92 Å². The molecule has 0 rings (SSSR count). The summed E-state index contributed by atoms with van der Waals surface area (Å²) >= 11 is 0. The normalized spacial score (nSPS) is 13.6. The van der Waals surface area contributed by atoms with E-state index >= 15 is 0 Å². The number of hydrogen-bond donors (Lipinski definition) is 3. The number of carbonyl (C=O) groups excluding carboxylic acids is 2. The molecule has 0 aromatic heterocycles. The van der Waals surface area contributed by atoms with Gasteiger partial charge in [0.2, 0.25) is 5.78 Å². The van der Waals surface area contributed by atoms with Gasteiger partial charge in [0.05, 0.1) is 6.10 Å². The molecule has 6 heteroatoms. The van der Waals surface area contributed by atoms with Crippen LogP contribution in [-0.4, -0.2) is 40.0 Å². The molecule has 0 heterocycles. The molecular formula is C14H25NO5. The Morgan fingerprint density at radius 2 is 1.75 bits per heavy atom. The predicted octanol–water partition coefficient (Wildman–Crippen LogP) is 1.26. The van der Waals surface area contributed by atoms with Crippen molar-refractivity contribution in [2.75, 3.05) is 0 Å². The highest BCUT2D eigenvalue weighted by Crippen LogP contribution is 2.05. The van der Waals surface area contributed by atoms with E-state index in [0.29, 0.717) is 12.8 Å². The number of hydrogen-bond acceptors (Lipinski definition) is 4. The Hall–Kier alpha value is -1.43. The Balaban J connectivity index is 4.24. The molecule has 6 nitrogen and oxygen atoms in total. The van der Waals surface area contributed by atoms with Crippen molar-refractivity contribution in [2.45, 2.75) is 70.9 Å². The Morgan fingerprint density at radius 3 is 2.25 bits per heavy atom. The zero-order valence-electron chi connectivity index (χ0n) is 12.2. The maximum Gasteiger partial charge on any atom is 0.326 e. The van der Waals surface area contributed by atoms with Gasteiger partial charge in [-0.1, -0.05) is 33.1 Å². The number of aliphatic hydroxyl groups excluding tert-OH is 1. The van der Waals surface area contributed by atoms with Crippen LogP contribution in [0.1, 0.15) is 58.8 Å². The average molecular weight is 287 g/mol. The summed E-state index contributed by atoms with van der Waals surface area (Å²) in [5.41, 5.74) is 0. The Bertz CT molecular complexity index is 330. The topological polar surface area (TPSA) is 104 Å². The van der Waals surface area contributed by atoms with Crippen LogP contribution in [0.25, 0.3) is 0 Å². The third-order valence-corrected chi connectivity index (χ3v) is 3.09. The van der Waals surface area contributed by atoms with Crippen LogP contribution in [0.2, 0.25) is 0 Å². The molecule has 0 aromatic carbocycles. The molecule has 0 aliphatic rings. The summed E-state index contributed by atoms with van der Waals surface area (Å²) in [6.45, 7) is 3.76. The van der Waals surface area contributed by atoms with Crippen molar-refractivity contribution >= 4 is 17.7 Å². The van der Waals surface area contributed by atoms with Gasteiger partial charge >= 0.3 is 5.97 Å². The van der Waals surface area contributed by atoms with Gasteiger partial charge in [-0.15, -0.1) is 0 Å². The van der Waals surface area contributed by atoms with Crippen LogP contribution in [0.15, 0.2) is 0 Å². The van der Waals surface area contributed by atoms with Crippen molar-refractivity contribution in [1.82, 2.24) is 5.32 Å². The number of carboxylic acids is 1. The molecular weight excluding hydrogens is 262 g/mol. The fourth-order valence-corrected chi connectivity index (χ4v) is 1.72. The molecule has 0 bridgehead atoms. The van der Waals surface area contributed by atoms with Gasteiger partial charge in [0.25, 0.3) is 5.91 Å². The fourth-order valence-electron chi connectivity index (χ4n) is 1.72. The highest BCUT2D eigenvalue weighted by molar-refractivity contribution is 6.36. The molecule has 1 amide bonds. The van der Waals surface area contributed by atoms with Gasteiger partial charge in [-0.25, -0.2) is 4.79 Å². The number of carboxylic acid groups (broad SMARTS) is 1. The first-order chi connectivity index (χ1) is 9.42. The summed E-state index contributed by atoms with van der Waals surface area (Å²) in [6, 6.07) is -1.22. The number of unbranched alkanes of at least 4 members (excludes halogenated alkanes) is 3. The second kappa shape index (κ2) is 10.4. The maximum atomic E-state index is 11.6. The van der Waals surface area contributed by atoms with Crippen molar-refractivity contribution in [1.29, 1.82) is 0 Å². The van der Waals surface area contributed by atoms with Gasteiger partial charge in [0.15, 0.2) is 0 Å². The molecule has 116 valence electrons. The second-order valence-electron chi connectivity index (χ2n) is 4.90. The van der Waals surface area contributed by atoms with E-state index in [-0.39, 0.29) is 12.8 Å². The standard InChI is InChI=1S/C14H25NO5/c1-3-5-6-7-8-12(17)13(18)15-11(14(19)20)9-10(16)4-2/h10-11,16H,3-9H2,1-2H3,(H,15,18)(H,19,20)/t10?,11-/m0/s1. The molecule has 0 aliphatic carbocycles. The van der Waals surface area contributed by atoms with E-state index < -0.39 is 29.8 Å². The van der Waals surface area contributed by atoms with E-state index in [1.807, 2.05) is 6.92 Å². The predicted molar refractivity (Wildman–Crippen MR) is 74.2 cm³/mol. The van der Waals surface area contributed by atoms with Crippen molar-refractivity contribution in [2.24, 2.45) is 0 Å². The average Bonchev–Trinajstić information content (AvgIpc) is 2.41. The number of aliphatic carboxylic acids is 1. The number of amides is 1. The molecule has 0 saturated carbocycles. The van der Waals surface area contributed by atoms with Gasteiger partial charge in [0.1, 0.15) is 6.04 Å². The first kappa shape index (κ1) is 18.6. The molecule has 0 radical (unpaired) electrons. The highest BCUT2D eigenvalue weighted by Gasteiger charge is 2.25. The summed E-state index contributed by atoms with van der Waals surface area (Å²) in [5.74, 6) is -2.72. The number of nitrogens with one attached hydrogen (secondary N) is 1. The van der Waals surface area contributed by atoms with Crippen LogP contribution in [0.4, 0.5) is 0 Å². The summed E-state index contributed by atoms with van der Waals surface area (Å²) in [5, 5.41) is 20.6. The van der Waals surface area contributed by atoms with Crippen molar-refractivity contribution in [3.05, 3.63) is 0 Å². The molecule has 2 atom stereocenters. The number of Topliss-reactive ketones (excluding diaryl/α,β-unsaturated/α-hetero) is 1. The Labute approximate surface area is 119 Å². The van der Waals surface area contributed by atoms with Crippen molar-refractivity contribution in [3.8, 4) is 0 Å². The first-order valence-corrected chi connectivity index (χ1v) is 7.16. The lowest BCUT2D eigenvalue weighted by molar-refractivity contribution is -0.145. The molecule has 20 heavy (non-hydrogen) atoms. The van der Waals surface area contributed by atoms with Gasteiger partial charge in [-0.2, -0.15) is 0 Å². The Morgan fingerprint density at radius 1 is 1.10 bits per heavy atom. The van der Waals surface area contributed by atoms with E-state index in [1.165, 1.54) is 0 Å². The van der Waals surface area contributed by atoms with Crippen LogP contribution in [-0.2, 0) is 14.4 Å². The third kappa shape index (κ3) is 7.89. The quantitative estimate of drug-likeness (QED) is 0.392. The number of carbonyl (C=O) groups is 3. The van der Waals surface area contributed by atoms with E-state index in [0.717, 1.165) is 19.3 Å². The fraction of sp³-hybridized carbons (Fsp3) is 0.786.